The second-order valence-corrected chi connectivity index (χ2v) is 5.03. The maximum atomic E-state index is 5.91. The molecule has 0 aliphatic heterocycles. The van der Waals surface area contributed by atoms with Crippen molar-refractivity contribution < 1.29 is 4.74 Å². The Morgan fingerprint density at radius 3 is 2.79 bits per heavy atom. The number of halogens is 1. The molecule has 0 unspecified atom stereocenters. The number of benzene rings is 1. The average Bonchev–Trinajstić information content (AvgIpc) is 2.38. The van der Waals surface area contributed by atoms with E-state index in [1.807, 2.05) is 25.1 Å². The number of hydrogen-bond acceptors (Lipinski definition) is 2. The van der Waals surface area contributed by atoms with E-state index < -0.39 is 0 Å². The highest BCUT2D eigenvalue weighted by Crippen LogP contribution is 2.21. The Morgan fingerprint density at radius 2 is 2.16 bits per heavy atom. The molecule has 1 aromatic carbocycles. The molecule has 0 aliphatic rings. The number of unbranched alkanes of at least 4 members (excludes halogenated alkanes) is 1. The summed E-state index contributed by atoms with van der Waals surface area (Å²) in [6.45, 7) is 7.39. The fraction of sp³-hybridized carbons (Fsp3) is 0.500. The van der Waals surface area contributed by atoms with Crippen molar-refractivity contribution in [1.82, 2.24) is 4.90 Å². The van der Waals surface area contributed by atoms with Crippen molar-refractivity contribution in [3.05, 3.63) is 28.8 Å². The number of aryl methyl sites for hydroxylation is 1. The van der Waals surface area contributed by atoms with Crippen molar-refractivity contribution in [3.63, 3.8) is 0 Å². The smallest absolute Gasteiger partial charge is 0.122 e. The molecule has 0 atom stereocenters. The summed E-state index contributed by atoms with van der Waals surface area (Å²) in [6, 6.07) is 5.67. The lowest BCUT2D eigenvalue weighted by Gasteiger charge is -2.19. The van der Waals surface area contributed by atoms with Crippen molar-refractivity contribution in [3.8, 4) is 18.1 Å². The van der Waals surface area contributed by atoms with Crippen molar-refractivity contribution >= 4 is 11.6 Å². The summed E-state index contributed by atoms with van der Waals surface area (Å²) in [5.41, 5.74) is 1.06. The van der Waals surface area contributed by atoms with E-state index in [1.165, 1.54) is 12.8 Å². The Hall–Kier alpha value is -1.17. The molecule has 1 rings (SSSR count). The first kappa shape index (κ1) is 15.9. The molecular weight excluding hydrogens is 258 g/mol. The Labute approximate surface area is 121 Å². The van der Waals surface area contributed by atoms with E-state index in [0.29, 0.717) is 13.2 Å². The van der Waals surface area contributed by atoms with Crippen LogP contribution in [0.1, 0.15) is 25.3 Å². The highest BCUT2D eigenvalue weighted by molar-refractivity contribution is 6.30. The molecule has 104 valence electrons. The number of nitrogens with zero attached hydrogens (tertiary/aromatic N) is 1. The molecule has 0 spiro atoms. The van der Waals surface area contributed by atoms with Crippen molar-refractivity contribution in [2.75, 3.05) is 26.2 Å². The lowest BCUT2D eigenvalue weighted by Crippen LogP contribution is -2.30. The third-order valence-corrected chi connectivity index (χ3v) is 3.18. The van der Waals surface area contributed by atoms with Crippen molar-refractivity contribution in [1.29, 1.82) is 0 Å². The molecule has 0 saturated heterocycles. The molecule has 1 aromatic rings. The highest BCUT2D eigenvalue weighted by Gasteiger charge is 2.04. The van der Waals surface area contributed by atoms with Gasteiger partial charge in [0, 0.05) is 11.6 Å². The predicted octanol–water partition coefficient (Wildman–Crippen LogP) is 3.76. The molecule has 0 bridgehead atoms. The molecular formula is C16H22ClNO. The van der Waals surface area contributed by atoms with Crippen LogP contribution in [0.3, 0.4) is 0 Å². The largest absolute Gasteiger partial charge is 0.492 e. The predicted molar refractivity (Wildman–Crippen MR) is 81.9 cm³/mol. The maximum Gasteiger partial charge on any atom is 0.122 e. The molecule has 0 aromatic heterocycles. The van der Waals surface area contributed by atoms with E-state index in [9.17, 15) is 0 Å². The molecule has 0 amide bonds. The summed E-state index contributed by atoms with van der Waals surface area (Å²) >= 11 is 5.91. The maximum absolute atomic E-state index is 5.91. The van der Waals surface area contributed by atoms with Crippen LogP contribution >= 0.6 is 11.6 Å². The summed E-state index contributed by atoms with van der Waals surface area (Å²) in [6.07, 6.45) is 7.72. The topological polar surface area (TPSA) is 12.5 Å². The third-order valence-electron chi connectivity index (χ3n) is 2.94. The molecule has 0 radical (unpaired) electrons. The van der Waals surface area contributed by atoms with Gasteiger partial charge in [-0.05, 0) is 43.7 Å². The first-order chi connectivity index (χ1) is 9.17. The number of hydrogen-bond donors (Lipinski definition) is 0. The second-order valence-electron chi connectivity index (χ2n) is 4.59. The van der Waals surface area contributed by atoms with Gasteiger partial charge in [0.25, 0.3) is 0 Å². The van der Waals surface area contributed by atoms with E-state index in [-0.39, 0.29) is 0 Å². The van der Waals surface area contributed by atoms with Crippen LogP contribution in [-0.4, -0.2) is 31.1 Å². The monoisotopic (exact) mass is 279 g/mol. The first-order valence-corrected chi connectivity index (χ1v) is 7.10. The Bertz CT molecular complexity index is 425. The van der Waals surface area contributed by atoms with Crippen LogP contribution in [0.2, 0.25) is 5.02 Å². The van der Waals surface area contributed by atoms with Gasteiger partial charge in [0.2, 0.25) is 0 Å². The standard InChI is InChI=1S/C16H22ClNO/c1-4-6-10-18(9-5-2)11-12-19-16-8-7-15(17)13-14(16)3/h2,7-8,13H,4,6,9-12H2,1,3H3. The summed E-state index contributed by atoms with van der Waals surface area (Å²) in [5, 5.41) is 0.738. The second kappa shape index (κ2) is 8.85. The molecule has 0 N–H and O–H groups in total. The minimum atomic E-state index is 0.647. The summed E-state index contributed by atoms with van der Waals surface area (Å²) in [4.78, 5) is 2.24. The Kier molecular flexibility index (Phi) is 7.40. The van der Waals surface area contributed by atoms with Crippen LogP contribution in [0.5, 0.6) is 5.75 Å². The lowest BCUT2D eigenvalue weighted by molar-refractivity contribution is 0.222. The Morgan fingerprint density at radius 1 is 1.37 bits per heavy atom. The molecule has 2 nitrogen and oxygen atoms in total. The van der Waals surface area contributed by atoms with Crippen LogP contribution < -0.4 is 4.74 Å². The van der Waals surface area contributed by atoms with Gasteiger partial charge in [-0.15, -0.1) is 6.42 Å². The van der Waals surface area contributed by atoms with Crippen LogP contribution in [0.4, 0.5) is 0 Å². The summed E-state index contributed by atoms with van der Waals surface area (Å²) in [7, 11) is 0. The van der Waals surface area contributed by atoms with Gasteiger partial charge in [-0.1, -0.05) is 30.9 Å². The normalized spacial score (nSPS) is 10.5. The molecule has 0 aliphatic carbocycles. The zero-order chi connectivity index (χ0) is 14.1. The number of ether oxygens (including phenoxy) is 1. The molecule has 19 heavy (non-hydrogen) atoms. The highest BCUT2D eigenvalue weighted by atomic mass is 35.5. The minimum Gasteiger partial charge on any atom is -0.492 e. The summed E-state index contributed by atoms with van der Waals surface area (Å²) < 4.78 is 5.78. The lowest BCUT2D eigenvalue weighted by atomic mass is 10.2. The zero-order valence-electron chi connectivity index (χ0n) is 11.8. The van der Waals surface area contributed by atoms with Crippen LogP contribution in [0.15, 0.2) is 18.2 Å². The van der Waals surface area contributed by atoms with Gasteiger partial charge in [-0.25, -0.2) is 0 Å². The SMILES string of the molecule is C#CCN(CCCC)CCOc1ccc(Cl)cc1C. The van der Waals surface area contributed by atoms with Gasteiger partial charge in [-0.2, -0.15) is 0 Å². The van der Waals surface area contributed by atoms with Gasteiger partial charge in [0.1, 0.15) is 12.4 Å². The third kappa shape index (κ3) is 6.00. The fourth-order valence-electron chi connectivity index (χ4n) is 1.84. The Balaban J connectivity index is 2.40. The van der Waals surface area contributed by atoms with Crippen molar-refractivity contribution in [2.45, 2.75) is 26.7 Å². The van der Waals surface area contributed by atoms with E-state index in [4.69, 9.17) is 22.8 Å². The zero-order valence-corrected chi connectivity index (χ0v) is 12.5. The van der Waals surface area contributed by atoms with Crippen LogP contribution in [-0.2, 0) is 0 Å². The number of terminal acetylenes is 1. The molecule has 0 heterocycles. The fourth-order valence-corrected chi connectivity index (χ4v) is 2.07. The van der Waals surface area contributed by atoms with Gasteiger partial charge >= 0.3 is 0 Å². The van der Waals surface area contributed by atoms with Crippen LogP contribution in [0, 0.1) is 19.3 Å². The summed E-state index contributed by atoms with van der Waals surface area (Å²) in [5.74, 6) is 3.59. The van der Waals surface area contributed by atoms with E-state index in [2.05, 4.69) is 17.7 Å². The van der Waals surface area contributed by atoms with Gasteiger partial charge in [0.15, 0.2) is 0 Å². The van der Waals surface area contributed by atoms with Crippen LogP contribution in [0.25, 0.3) is 0 Å². The number of rotatable bonds is 8. The van der Waals surface area contributed by atoms with Gasteiger partial charge in [0.05, 0.1) is 6.54 Å². The molecule has 3 heteroatoms. The van der Waals surface area contributed by atoms with E-state index >= 15 is 0 Å². The minimum absolute atomic E-state index is 0.647. The first-order valence-electron chi connectivity index (χ1n) is 6.72. The average molecular weight is 280 g/mol. The van der Waals surface area contributed by atoms with Gasteiger partial charge in [-0.3, -0.25) is 4.90 Å². The van der Waals surface area contributed by atoms with Crippen molar-refractivity contribution in [2.24, 2.45) is 0 Å². The van der Waals surface area contributed by atoms with E-state index in [0.717, 1.165) is 29.4 Å². The molecule has 0 fully saturated rings. The van der Waals surface area contributed by atoms with E-state index in [1.54, 1.807) is 0 Å². The quantitative estimate of drug-likeness (QED) is 0.672. The molecule has 0 saturated carbocycles. The van der Waals surface area contributed by atoms with Gasteiger partial charge < -0.3 is 4.74 Å².